The lowest BCUT2D eigenvalue weighted by Gasteiger charge is -2.32. The van der Waals surface area contributed by atoms with Gasteiger partial charge in [0.05, 0.1) is 6.10 Å². The summed E-state index contributed by atoms with van der Waals surface area (Å²) in [6, 6.07) is 0. The van der Waals surface area contributed by atoms with Gasteiger partial charge in [0, 0.05) is 38.4 Å². The van der Waals surface area contributed by atoms with Gasteiger partial charge in [0.15, 0.2) is 0 Å². The lowest BCUT2D eigenvalue weighted by molar-refractivity contribution is -0.0601. The molecule has 2 nitrogen and oxygen atoms in total. The molecule has 1 N–H and O–H groups in total. The van der Waals surface area contributed by atoms with E-state index >= 15 is 0 Å². The second-order valence-corrected chi connectivity index (χ2v) is 3.77. The molecule has 0 radical (unpaired) electrons. The van der Waals surface area contributed by atoms with Gasteiger partial charge < -0.3 is 10.0 Å². The number of hydrogen-bond acceptors (Lipinski definition) is 2. The number of aliphatic hydroxyl groups excluding tert-OH is 1. The smallest absolute Gasteiger partial charge is 0.250 e. The molecular formula is C8H15Cl2F2NO. The van der Waals surface area contributed by atoms with Gasteiger partial charge in [-0.15, -0.1) is 24.0 Å². The molecule has 1 atom stereocenters. The molecule has 0 saturated carbocycles. The molecule has 1 unspecified atom stereocenters. The molecule has 1 heterocycles. The molecule has 0 bridgehead atoms. The zero-order valence-electron chi connectivity index (χ0n) is 7.76. The largest absolute Gasteiger partial charge is 0.391 e. The van der Waals surface area contributed by atoms with E-state index in [1.807, 2.05) is 4.90 Å². The fourth-order valence-corrected chi connectivity index (χ4v) is 1.51. The summed E-state index contributed by atoms with van der Waals surface area (Å²) in [6.45, 7) is 1.10. The van der Waals surface area contributed by atoms with E-state index in [0.29, 0.717) is 19.6 Å². The predicted molar refractivity (Wildman–Crippen MR) is 54.6 cm³/mol. The van der Waals surface area contributed by atoms with Gasteiger partial charge in [-0.1, -0.05) is 0 Å². The standard InChI is InChI=1S/C8H14ClF2NO.ClH/c9-5-7(13)6-12-3-1-8(10,11)2-4-12;/h7,13H,1-6H2;1H. The van der Waals surface area contributed by atoms with Gasteiger partial charge in [0.1, 0.15) is 0 Å². The van der Waals surface area contributed by atoms with Gasteiger partial charge >= 0.3 is 0 Å². The van der Waals surface area contributed by atoms with Gasteiger partial charge in [-0.3, -0.25) is 0 Å². The molecule has 1 aliphatic heterocycles. The number of halogens is 4. The van der Waals surface area contributed by atoms with Crippen LogP contribution in [0.5, 0.6) is 0 Å². The quantitative estimate of drug-likeness (QED) is 0.771. The van der Waals surface area contributed by atoms with E-state index in [4.69, 9.17) is 11.6 Å². The first-order chi connectivity index (χ1) is 6.03. The highest BCUT2D eigenvalue weighted by molar-refractivity contribution is 6.18. The van der Waals surface area contributed by atoms with Crippen molar-refractivity contribution in [2.45, 2.75) is 24.9 Å². The van der Waals surface area contributed by atoms with Crippen LogP contribution in [0.25, 0.3) is 0 Å². The summed E-state index contributed by atoms with van der Waals surface area (Å²) in [5, 5.41) is 9.18. The van der Waals surface area contributed by atoms with Crippen LogP contribution in [-0.4, -0.2) is 47.5 Å². The lowest BCUT2D eigenvalue weighted by atomic mass is 10.1. The zero-order chi connectivity index (χ0) is 9.90. The number of β-amino-alcohol motifs (C(OH)–C–C–N with tert-alkyl or cyclic N) is 1. The van der Waals surface area contributed by atoms with Crippen LogP contribution in [0.3, 0.4) is 0 Å². The highest BCUT2D eigenvalue weighted by Crippen LogP contribution is 2.27. The summed E-state index contributed by atoms with van der Waals surface area (Å²) in [6.07, 6.45) is -0.822. The fraction of sp³-hybridized carbons (Fsp3) is 1.00. The first-order valence-corrected chi connectivity index (χ1v) is 4.91. The minimum atomic E-state index is -2.51. The molecular weight excluding hydrogens is 235 g/mol. The SMILES string of the molecule is Cl.OC(CCl)CN1CCC(F)(F)CC1. The van der Waals surface area contributed by atoms with Crippen LogP contribution < -0.4 is 0 Å². The molecule has 1 aliphatic rings. The van der Waals surface area contributed by atoms with Crippen molar-refractivity contribution in [3.8, 4) is 0 Å². The number of hydrogen-bond donors (Lipinski definition) is 1. The van der Waals surface area contributed by atoms with E-state index < -0.39 is 12.0 Å². The molecule has 1 saturated heterocycles. The summed E-state index contributed by atoms with van der Waals surface area (Å²) >= 11 is 5.40. The van der Waals surface area contributed by atoms with Crippen molar-refractivity contribution in [1.82, 2.24) is 4.90 Å². The molecule has 0 aromatic rings. The minimum absolute atomic E-state index is 0. The van der Waals surface area contributed by atoms with Crippen molar-refractivity contribution in [2.75, 3.05) is 25.5 Å². The first-order valence-electron chi connectivity index (χ1n) is 4.38. The Morgan fingerprint density at radius 2 is 1.86 bits per heavy atom. The topological polar surface area (TPSA) is 23.5 Å². The number of nitrogens with zero attached hydrogens (tertiary/aromatic N) is 1. The Kier molecular flexibility index (Phi) is 6.21. The van der Waals surface area contributed by atoms with Crippen molar-refractivity contribution >= 4 is 24.0 Å². The summed E-state index contributed by atoms with van der Waals surface area (Å²) in [7, 11) is 0. The Morgan fingerprint density at radius 1 is 1.36 bits per heavy atom. The minimum Gasteiger partial charge on any atom is -0.391 e. The summed E-state index contributed by atoms with van der Waals surface area (Å²) < 4.78 is 25.4. The Hall–Kier alpha value is 0.360. The third kappa shape index (κ3) is 4.73. The van der Waals surface area contributed by atoms with Crippen LogP contribution in [0.4, 0.5) is 8.78 Å². The second-order valence-electron chi connectivity index (χ2n) is 3.46. The van der Waals surface area contributed by atoms with E-state index in [0.717, 1.165) is 0 Å². The maximum absolute atomic E-state index is 12.7. The van der Waals surface area contributed by atoms with Crippen LogP contribution in [-0.2, 0) is 0 Å². The average molecular weight is 250 g/mol. The molecule has 14 heavy (non-hydrogen) atoms. The Labute approximate surface area is 93.6 Å². The number of aliphatic hydroxyl groups is 1. The third-order valence-electron chi connectivity index (χ3n) is 2.23. The van der Waals surface area contributed by atoms with Crippen molar-refractivity contribution < 1.29 is 13.9 Å². The number of likely N-dealkylation sites (tertiary alicyclic amines) is 1. The number of alkyl halides is 3. The first kappa shape index (κ1) is 14.4. The third-order valence-corrected chi connectivity index (χ3v) is 2.59. The molecule has 86 valence electrons. The molecule has 0 amide bonds. The van der Waals surface area contributed by atoms with Gasteiger partial charge in [-0.2, -0.15) is 0 Å². The summed E-state index contributed by atoms with van der Waals surface area (Å²) in [4.78, 5) is 1.82. The van der Waals surface area contributed by atoms with Crippen molar-refractivity contribution in [3.05, 3.63) is 0 Å². The molecule has 1 fully saturated rings. The Morgan fingerprint density at radius 3 is 2.29 bits per heavy atom. The fourth-order valence-electron chi connectivity index (χ4n) is 1.41. The van der Waals surface area contributed by atoms with E-state index in [1.54, 1.807) is 0 Å². The van der Waals surface area contributed by atoms with Crippen LogP contribution in [0.15, 0.2) is 0 Å². The van der Waals surface area contributed by atoms with E-state index in [9.17, 15) is 13.9 Å². The highest BCUT2D eigenvalue weighted by Gasteiger charge is 2.34. The maximum Gasteiger partial charge on any atom is 0.250 e. The van der Waals surface area contributed by atoms with Gasteiger partial charge in [-0.25, -0.2) is 8.78 Å². The molecule has 0 spiro atoms. The monoisotopic (exact) mass is 249 g/mol. The Balaban J connectivity index is 0.00000169. The van der Waals surface area contributed by atoms with Crippen LogP contribution in [0.1, 0.15) is 12.8 Å². The lowest BCUT2D eigenvalue weighted by Crippen LogP contribution is -2.43. The summed E-state index contributed by atoms with van der Waals surface area (Å²) in [5.74, 6) is -2.35. The second kappa shape index (κ2) is 6.05. The molecule has 0 aromatic carbocycles. The predicted octanol–water partition coefficient (Wildman–Crippen LogP) is 1.74. The molecule has 0 aromatic heterocycles. The zero-order valence-corrected chi connectivity index (χ0v) is 9.33. The Bertz CT molecular complexity index is 161. The van der Waals surface area contributed by atoms with Crippen molar-refractivity contribution in [1.29, 1.82) is 0 Å². The van der Waals surface area contributed by atoms with E-state index in [-0.39, 0.29) is 31.1 Å². The van der Waals surface area contributed by atoms with E-state index in [1.165, 1.54) is 0 Å². The van der Waals surface area contributed by atoms with Gasteiger partial charge in [0.2, 0.25) is 0 Å². The average Bonchev–Trinajstić information content (AvgIpc) is 2.08. The van der Waals surface area contributed by atoms with Crippen molar-refractivity contribution in [2.24, 2.45) is 0 Å². The highest BCUT2D eigenvalue weighted by atomic mass is 35.5. The van der Waals surface area contributed by atoms with Gasteiger partial charge in [-0.05, 0) is 0 Å². The van der Waals surface area contributed by atoms with E-state index in [2.05, 4.69) is 0 Å². The van der Waals surface area contributed by atoms with Crippen LogP contribution >= 0.6 is 24.0 Å². The van der Waals surface area contributed by atoms with Gasteiger partial charge in [0.25, 0.3) is 5.92 Å². The maximum atomic E-state index is 12.7. The summed E-state index contributed by atoms with van der Waals surface area (Å²) in [5.41, 5.74) is 0. The molecule has 1 rings (SSSR count). The van der Waals surface area contributed by atoms with Crippen LogP contribution in [0, 0.1) is 0 Å². The van der Waals surface area contributed by atoms with Crippen LogP contribution in [0.2, 0.25) is 0 Å². The number of piperidine rings is 1. The normalized spacial score (nSPS) is 24.0. The number of rotatable bonds is 3. The molecule has 6 heteroatoms. The molecule has 0 aliphatic carbocycles. The van der Waals surface area contributed by atoms with Crippen molar-refractivity contribution in [3.63, 3.8) is 0 Å².